The molecule has 2 aromatic carbocycles. The Bertz CT molecular complexity index is 1090. The lowest BCUT2D eigenvalue weighted by Gasteiger charge is -2.31. The summed E-state index contributed by atoms with van der Waals surface area (Å²) >= 11 is 6.22. The van der Waals surface area contributed by atoms with E-state index in [4.69, 9.17) is 16.3 Å². The molecule has 0 aromatic heterocycles. The van der Waals surface area contributed by atoms with Crippen LogP contribution in [-0.2, 0) is 15.4 Å². The van der Waals surface area contributed by atoms with Crippen LogP contribution in [0.1, 0.15) is 36.7 Å². The normalized spacial score (nSPS) is 15.9. The molecule has 1 saturated heterocycles. The number of ether oxygens (including phenoxy) is 1. The molecule has 1 N–H and O–H groups in total. The maximum absolute atomic E-state index is 13.0. The third-order valence-corrected chi connectivity index (χ3v) is 7.85. The first-order valence-corrected chi connectivity index (χ1v) is 12.8. The number of hydrogen-bond donors (Lipinski definition) is 1. The molecule has 0 saturated carbocycles. The molecule has 9 heteroatoms. The van der Waals surface area contributed by atoms with Crippen LogP contribution < -0.4 is 10.1 Å². The first kappa shape index (κ1) is 25.5. The van der Waals surface area contributed by atoms with Crippen molar-refractivity contribution in [3.8, 4) is 5.75 Å². The summed E-state index contributed by atoms with van der Waals surface area (Å²) in [5, 5.41) is 2.97. The van der Waals surface area contributed by atoms with Crippen LogP contribution in [0.2, 0.25) is 5.02 Å². The molecule has 7 nitrogen and oxygen atoms in total. The van der Waals surface area contributed by atoms with Crippen LogP contribution in [0.15, 0.2) is 47.4 Å². The van der Waals surface area contributed by atoms with E-state index in [1.54, 1.807) is 0 Å². The zero-order chi connectivity index (χ0) is 24.2. The fourth-order valence-electron chi connectivity index (χ4n) is 3.65. The fourth-order valence-corrected chi connectivity index (χ4v) is 5.30. The Morgan fingerprint density at radius 3 is 2.42 bits per heavy atom. The number of carbonyl (C=O) groups is 1. The van der Waals surface area contributed by atoms with Crippen LogP contribution in [0.3, 0.4) is 0 Å². The lowest BCUT2D eigenvalue weighted by molar-refractivity contribution is 0.0946. The number of carbonyl (C=O) groups excluding carboxylic acids is 1. The molecular weight excluding hydrogens is 462 g/mol. The smallest absolute Gasteiger partial charge is 0.252 e. The Hall–Kier alpha value is -2.13. The maximum Gasteiger partial charge on any atom is 0.252 e. The molecule has 33 heavy (non-hydrogen) atoms. The first-order valence-electron chi connectivity index (χ1n) is 11.0. The van der Waals surface area contributed by atoms with E-state index in [2.05, 4.69) is 31.0 Å². The van der Waals surface area contributed by atoms with Crippen molar-refractivity contribution in [3.63, 3.8) is 0 Å². The lowest BCUT2D eigenvalue weighted by Crippen LogP contribution is -2.47. The summed E-state index contributed by atoms with van der Waals surface area (Å²) in [6.45, 7) is 9.02. The number of benzene rings is 2. The van der Waals surface area contributed by atoms with Crippen molar-refractivity contribution >= 4 is 27.5 Å². The number of hydrogen-bond acceptors (Lipinski definition) is 5. The van der Waals surface area contributed by atoms with Crippen LogP contribution in [0.4, 0.5) is 0 Å². The Labute approximate surface area is 201 Å². The topological polar surface area (TPSA) is 79.0 Å². The molecule has 0 aliphatic carbocycles. The molecule has 0 bridgehead atoms. The van der Waals surface area contributed by atoms with Gasteiger partial charge >= 0.3 is 0 Å². The van der Waals surface area contributed by atoms with Gasteiger partial charge in [0.25, 0.3) is 5.91 Å². The minimum atomic E-state index is -3.69. The van der Waals surface area contributed by atoms with Crippen molar-refractivity contribution in [3.05, 3.63) is 58.6 Å². The summed E-state index contributed by atoms with van der Waals surface area (Å²) in [5.41, 5.74) is 1.14. The first-order chi connectivity index (χ1) is 15.5. The van der Waals surface area contributed by atoms with Gasteiger partial charge in [-0.1, -0.05) is 50.6 Å². The van der Waals surface area contributed by atoms with E-state index in [1.807, 2.05) is 31.3 Å². The number of likely N-dealkylation sites (N-methyl/N-ethyl adjacent to an activating group) is 1. The second kappa shape index (κ2) is 10.4. The minimum absolute atomic E-state index is 0.0664. The molecule has 0 spiro atoms. The average Bonchev–Trinajstić information content (AvgIpc) is 2.76. The molecule has 3 rings (SSSR count). The van der Waals surface area contributed by atoms with Gasteiger partial charge < -0.3 is 15.0 Å². The largest absolute Gasteiger partial charge is 0.491 e. The summed E-state index contributed by atoms with van der Waals surface area (Å²) in [7, 11) is -1.74. The summed E-state index contributed by atoms with van der Waals surface area (Å²) in [6, 6.07) is 12.1. The Kier molecular flexibility index (Phi) is 8.05. The Morgan fingerprint density at radius 2 is 1.76 bits per heavy atom. The number of nitrogens with zero attached hydrogens (tertiary/aromatic N) is 2. The predicted octanol–water partition coefficient (Wildman–Crippen LogP) is 3.38. The van der Waals surface area contributed by atoms with Crippen molar-refractivity contribution < 1.29 is 17.9 Å². The molecule has 1 heterocycles. The fraction of sp³-hybridized carbons (Fsp3) is 0.458. The van der Waals surface area contributed by atoms with E-state index in [-0.39, 0.29) is 34.0 Å². The van der Waals surface area contributed by atoms with Crippen molar-refractivity contribution in [1.82, 2.24) is 14.5 Å². The standard InChI is InChI=1S/C24H32ClN3O4S/c1-24(2,3)20-7-5-6-8-22(20)32-16-11-26-23(29)19-17-18(9-10-21(19)25)33(30,31)28-14-12-27(4)13-15-28/h5-10,17H,11-16H2,1-4H3,(H,26,29). The number of para-hydroxylation sites is 1. The SMILES string of the molecule is CN1CCN(S(=O)(=O)c2ccc(Cl)c(C(=O)NCCOc3ccccc3C(C)(C)C)c2)CC1. The molecular formula is C24H32ClN3O4S. The summed E-state index contributed by atoms with van der Waals surface area (Å²) < 4.78 is 33.4. The van der Waals surface area contributed by atoms with Gasteiger partial charge in [-0.25, -0.2) is 8.42 Å². The monoisotopic (exact) mass is 493 g/mol. The highest BCUT2D eigenvalue weighted by molar-refractivity contribution is 7.89. The van der Waals surface area contributed by atoms with Crippen LogP contribution in [0.5, 0.6) is 5.75 Å². The highest BCUT2D eigenvalue weighted by atomic mass is 35.5. The molecule has 180 valence electrons. The van der Waals surface area contributed by atoms with E-state index in [0.29, 0.717) is 26.2 Å². The molecule has 0 unspecified atom stereocenters. The van der Waals surface area contributed by atoms with Crippen molar-refractivity contribution in [2.45, 2.75) is 31.1 Å². The lowest BCUT2D eigenvalue weighted by atomic mass is 9.86. The van der Waals surface area contributed by atoms with E-state index in [9.17, 15) is 13.2 Å². The molecule has 2 aromatic rings. The quantitative estimate of drug-likeness (QED) is 0.598. The average molecular weight is 494 g/mol. The Morgan fingerprint density at radius 1 is 1.09 bits per heavy atom. The molecule has 1 fully saturated rings. The van der Waals surface area contributed by atoms with E-state index in [0.717, 1.165) is 11.3 Å². The Balaban J connectivity index is 1.64. The van der Waals surface area contributed by atoms with Crippen molar-refractivity contribution in [2.75, 3.05) is 46.4 Å². The van der Waals surface area contributed by atoms with Crippen molar-refractivity contribution in [1.29, 1.82) is 0 Å². The second-order valence-electron chi connectivity index (χ2n) is 9.20. The highest BCUT2D eigenvalue weighted by Crippen LogP contribution is 2.30. The number of amides is 1. The predicted molar refractivity (Wildman–Crippen MR) is 131 cm³/mol. The van der Waals surface area contributed by atoms with Crippen LogP contribution in [0, 0.1) is 0 Å². The summed E-state index contributed by atoms with van der Waals surface area (Å²) in [4.78, 5) is 14.9. The third-order valence-electron chi connectivity index (χ3n) is 5.62. The van der Waals surface area contributed by atoms with Gasteiger partial charge in [0.15, 0.2) is 0 Å². The number of piperazine rings is 1. The van der Waals surface area contributed by atoms with Crippen LogP contribution in [0.25, 0.3) is 0 Å². The van der Waals surface area contributed by atoms with Gasteiger partial charge in [-0.3, -0.25) is 4.79 Å². The van der Waals surface area contributed by atoms with Gasteiger partial charge in [0.05, 0.1) is 22.0 Å². The number of rotatable bonds is 7. The van der Waals surface area contributed by atoms with Gasteiger partial charge in [-0.15, -0.1) is 0 Å². The highest BCUT2D eigenvalue weighted by Gasteiger charge is 2.28. The van der Waals surface area contributed by atoms with E-state index >= 15 is 0 Å². The molecule has 1 aliphatic heterocycles. The van der Waals surface area contributed by atoms with Crippen molar-refractivity contribution in [2.24, 2.45) is 0 Å². The molecule has 0 radical (unpaired) electrons. The van der Waals surface area contributed by atoms with Gasteiger partial charge in [-0.05, 0) is 42.3 Å². The van der Waals surface area contributed by atoms with Crippen LogP contribution in [-0.4, -0.2) is 69.9 Å². The molecule has 1 aliphatic rings. The number of halogens is 1. The zero-order valence-corrected chi connectivity index (χ0v) is 21.2. The molecule has 1 amide bonds. The maximum atomic E-state index is 13.0. The van der Waals surface area contributed by atoms with Gasteiger partial charge in [-0.2, -0.15) is 4.31 Å². The van der Waals surface area contributed by atoms with Crippen LogP contribution >= 0.6 is 11.6 Å². The second-order valence-corrected chi connectivity index (χ2v) is 11.5. The summed E-state index contributed by atoms with van der Waals surface area (Å²) in [6.07, 6.45) is 0. The number of nitrogens with one attached hydrogen (secondary N) is 1. The number of sulfonamides is 1. The van der Waals surface area contributed by atoms with Gasteiger partial charge in [0.2, 0.25) is 10.0 Å². The zero-order valence-electron chi connectivity index (χ0n) is 19.6. The third kappa shape index (κ3) is 6.26. The van der Waals surface area contributed by atoms with Gasteiger partial charge in [0, 0.05) is 26.2 Å². The van der Waals surface area contributed by atoms with E-state index in [1.165, 1.54) is 22.5 Å². The van der Waals surface area contributed by atoms with E-state index < -0.39 is 15.9 Å². The summed E-state index contributed by atoms with van der Waals surface area (Å²) in [5.74, 6) is 0.334. The van der Waals surface area contributed by atoms with Gasteiger partial charge in [0.1, 0.15) is 12.4 Å². The molecule has 0 atom stereocenters. The minimum Gasteiger partial charge on any atom is -0.491 e.